The van der Waals surface area contributed by atoms with Gasteiger partial charge >= 0.3 is 5.97 Å². The van der Waals surface area contributed by atoms with Crippen molar-refractivity contribution in [2.24, 2.45) is 4.99 Å². The molecule has 0 saturated heterocycles. The highest BCUT2D eigenvalue weighted by atomic mass is 32.2. The van der Waals surface area contributed by atoms with Gasteiger partial charge in [-0.1, -0.05) is 18.7 Å². The van der Waals surface area contributed by atoms with Crippen molar-refractivity contribution in [1.82, 2.24) is 4.90 Å². The van der Waals surface area contributed by atoms with E-state index in [0.717, 1.165) is 6.42 Å². The number of hydrogen-bond acceptors (Lipinski definition) is 5. The van der Waals surface area contributed by atoms with Crippen molar-refractivity contribution in [3.63, 3.8) is 0 Å². The summed E-state index contributed by atoms with van der Waals surface area (Å²) in [5, 5.41) is 9.08. The molecule has 0 aromatic heterocycles. The van der Waals surface area contributed by atoms with Crippen LogP contribution in [0.1, 0.15) is 20.3 Å². The predicted octanol–water partition coefficient (Wildman–Crippen LogP) is 1.46. The first-order valence-corrected chi connectivity index (χ1v) is 6.33. The van der Waals surface area contributed by atoms with Gasteiger partial charge in [0.25, 0.3) is 0 Å². The van der Waals surface area contributed by atoms with Crippen molar-refractivity contribution in [2.45, 2.75) is 20.3 Å². The van der Waals surface area contributed by atoms with Gasteiger partial charge in [0.2, 0.25) is 6.19 Å². The first kappa shape index (κ1) is 14.8. The topological polar surface area (TPSA) is 65.7 Å². The fourth-order valence-electron chi connectivity index (χ4n) is 1.16. The summed E-state index contributed by atoms with van der Waals surface area (Å²) < 4.78 is 4.86. The van der Waals surface area contributed by atoms with E-state index in [0.29, 0.717) is 18.3 Å². The molecule has 0 rings (SSSR count). The molecule has 0 aliphatic heterocycles. The van der Waals surface area contributed by atoms with Gasteiger partial charge in [0.15, 0.2) is 5.17 Å². The Labute approximate surface area is 100 Å². The Morgan fingerprint density at radius 3 is 2.69 bits per heavy atom. The lowest BCUT2D eigenvalue weighted by molar-refractivity contribution is -0.143. The number of carbonyl (C=O) groups excluding carboxylic acids is 1. The molecule has 0 amide bonds. The van der Waals surface area contributed by atoms with Gasteiger partial charge in [-0.15, -0.1) is 4.99 Å². The van der Waals surface area contributed by atoms with E-state index in [2.05, 4.69) is 4.99 Å². The van der Waals surface area contributed by atoms with Crippen LogP contribution in [0.3, 0.4) is 0 Å². The molecule has 0 heterocycles. The van der Waals surface area contributed by atoms with Gasteiger partial charge < -0.3 is 9.64 Å². The van der Waals surface area contributed by atoms with Crippen LogP contribution in [0.15, 0.2) is 4.99 Å². The lowest BCUT2D eigenvalue weighted by Crippen LogP contribution is -2.35. The summed E-state index contributed by atoms with van der Waals surface area (Å²) in [6.45, 7) is 4.95. The van der Waals surface area contributed by atoms with Crippen molar-refractivity contribution < 1.29 is 9.53 Å². The van der Waals surface area contributed by atoms with E-state index in [1.807, 2.05) is 13.2 Å². The number of hydrogen-bond donors (Lipinski definition) is 0. The summed E-state index contributed by atoms with van der Waals surface area (Å²) in [6.07, 6.45) is 4.44. The fraction of sp³-hybridized carbons (Fsp3) is 0.700. The number of thioether (sulfide) groups is 1. The van der Waals surface area contributed by atoms with Crippen LogP contribution in [-0.4, -0.2) is 42.0 Å². The molecular weight excluding hydrogens is 226 g/mol. The van der Waals surface area contributed by atoms with Gasteiger partial charge in [-0.2, -0.15) is 5.26 Å². The summed E-state index contributed by atoms with van der Waals surface area (Å²) in [6, 6.07) is 0. The standard InChI is InChI=1S/C10H17N3O2S/c1-4-6-13(7-9(14)15-5-2)10(16-3)12-8-11/h4-7H2,1-3H3. The van der Waals surface area contributed by atoms with E-state index in [9.17, 15) is 4.79 Å². The molecule has 0 radical (unpaired) electrons. The number of rotatable bonds is 5. The Kier molecular flexibility index (Phi) is 8.35. The third-order valence-electron chi connectivity index (χ3n) is 1.72. The maximum atomic E-state index is 11.3. The van der Waals surface area contributed by atoms with Gasteiger partial charge in [0.05, 0.1) is 6.61 Å². The third-order valence-corrected chi connectivity index (χ3v) is 2.43. The van der Waals surface area contributed by atoms with Gasteiger partial charge in [-0.05, 0) is 19.6 Å². The Morgan fingerprint density at radius 2 is 2.25 bits per heavy atom. The second-order valence-corrected chi connectivity index (χ2v) is 3.70. The van der Waals surface area contributed by atoms with Crippen LogP contribution in [0.4, 0.5) is 0 Å². The minimum absolute atomic E-state index is 0.142. The third kappa shape index (κ3) is 5.61. The lowest BCUT2D eigenvalue weighted by atomic mass is 10.4. The molecule has 90 valence electrons. The zero-order valence-corrected chi connectivity index (χ0v) is 10.7. The SMILES string of the molecule is CCCN(CC(=O)OCC)C(=NC#N)SC. The molecule has 0 atom stereocenters. The molecule has 0 unspecified atom stereocenters. The second-order valence-electron chi connectivity index (χ2n) is 2.93. The van der Waals surface area contributed by atoms with Gasteiger partial charge in [-0.25, -0.2) is 0 Å². The minimum atomic E-state index is -0.296. The number of nitriles is 1. The minimum Gasteiger partial charge on any atom is -0.465 e. The van der Waals surface area contributed by atoms with E-state index >= 15 is 0 Å². The van der Waals surface area contributed by atoms with Crippen molar-refractivity contribution in [3.8, 4) is 6.19 Å². The zero-order valence-electron chi connectivity index (χ0n) is 9.89. The van der Waals surface area contributed by atoms with Crippen LogP contribution in [0.25, 0.3) is 0 Å². The summed E-state index contributed by atoms with van der Waals surface area (Å²) in [7, 11) is 0. The van der Waals surface area contributed by atoms with Gasteiger partial charge in [-0.3, -0.25) is 4.79 Å². The number of aliphatic imine (C=N–C) groups is 1. The van der Waals surface area contributed by atoms with Crippen LogP contribution in [-0.2, 0) is 9.53 Å². The molecular formula is C10H17N3O2S. The normalized spacial score (nSPS) is 10.8. The average molecular weight is 243 g/mol. The highest BCUT2D eigenvalue weighted by Gasteiger charge is 2.14. The summed E-state index contributed by atoms with van der Waals surface area (Å²) in [5.74, 6) is -0.296. The van der Waals surface area contributed by atoms with Crippen LogP contribution >= 0.6 is 11.8 Å². The van der Waals surface area contributed by atoms with Crippen molar-refractivity contribution in [2.75, 3.05) is 26.0 Å². The van der Waals surface area contributed by atoms with E-state index in [4.69, 9.17) is 10.00 Å². The number of esters is 1. The maximum Gasteiger partial charge on any atom is 0.325 e. The highest BCUT2D eigenvalue weighted by Crippen LogP contribution is 2.06. The zero-order chi connectivity index (χ0) is 12.4. The number of carbonyl (C=O) groups is 1. The lowest BCUT2D eigenvalue weighted by Gasteiger charge is -2.22. The molecule has 0 aromatic rings. The number of amidine groups is 1. The monoisotopic (exact) mass is 243 g/mol. The molecule has 16 heavy (non-hydrogen) atoms. The first-order chi connectivity index (χ1) is 7.69. The Morgan fingerprint density at radius 1 is 1.56 bits per heavy atom. The summed E-state index contributed by atoms with van der Waals surface area (Å²) in [4.78, 5) is 16.8. The fourth-order valence-corrected chi connectivity index (χ4v) is 1.71. The van der Waals surface area contributed by atoms with E-state index in [1.165, 1.54) is 11.8 Å². The smallest absolute Gasteiger partial charge is 0.325 e. The number of nitrogens with zero attached hydrogens (tertiary/aromatic N) is 3. The first-order valence-electron chi connectivity index (χ1n) is 5.10. The number of ether oxygens (including phenoxy) is 1. The maximum absolute atomic E-state index is 11.3. The van der Waals surface area contributed by atoms with Crippen LogP contribution in [0, 0.1) is 11.5 Å². The molecule has 0 bridgehead atoms. The van der Waals surface area contributed by atoms with E-state index in [1.54, 1.807) is 18.0 Å². The molecule has 0 fully saturated rings. The molecule has 0 aliphatic carbocycles. The Balaban J connectivity index is 4.53. The Bertz CT molecular complexity index is 286. The van der Waals surface area contributed by atoms with Crippen LogP contribution in [0.5, 0.6) is 0 Å². The van der Waals surface area contributed by atoms with Crippen molar-refractivity contribution in [3.05, 3.63) is 0 Å². The summed E-state index contributed by atoms with van der Waals surface area (Å²) >= 11 is 1.35. The Hall–Kier alpha value is -1.22. The second kappa shape index (κ2) is 9.04. The molecule has 0 saturated carbocycles. The molecule has 6 heteroatoms. The van der Waals surface area contributed by atoms with Crippen LogP contribution < -0.4 is 0 Å². The average Bonchev–Trinajstić information content (AvgIpc) is 2.25. The highest BCUT2D eigenvalue weighted by molar-refractivity contribution is 8.13. The largest absolute Gasteiger partial charge is 0.465 e. The van der Waals surface area contributed by atoms with Gasteiger partial charge in [0.1, 0.15) is 6.54 Å². The quantitative estimate of drug-likeness (QED) is 0.316. The van der Waals surface area contributed by atoms with Gasteiger partial charge in [0, 0.05) is 6.54 Å². The molecule has 0 N–H and O–H groups in total. The molecule has 0 spiro atoms. The van der Waals surface area contributed by atoms with E-state index in [-0.39, 0.29) is 12.5 Å². The molecule has 0 aromatic carbocycles. The van der Waals surface area contributed by atoms with Crippen LogP contribution in [0.2, 0.25) is 0 Å². The van der Waals surface area contributed by atoms with Crippen molar-refractivity contribution in [1.29, 1.82) is 5.26 Å². The molecule has 5 nitrogen and oxygen atoms in total. The van der Waals surface area contributed by atoms with Crippen molar-refractivity contribution >= 4 is 22.9 Å². The van der Waals surface area contributed by atoms with E-state index < -0.39 is 0 Å². The molecule has 0 aliphatic rings. The summed E-state index contributed by atoms with van der Waals surface area (Å²) in [5.41, 5.74) is 0. The predicted molar refractivity (Wildman–Crippen MR) is 65.1 cm³/mol.